The highest BCUT2D eigenvalue weighted by Gasteiger charge is 2.34. The summed E-state index contributed by atoms with van der Waals surface area (Å²) in [6, 6.07) is -0.443. The van der Waals surface area contributed by atoms with Crippen molar-refractivity contribution in [2.75, 3.05) is 7.05 Å². The number of nitrogens with one attached hydrogen (secondary N) is 1. The Labute approximate surface area is 57.0 Å². The zero-order valence-electron chi connectivity index (χ0n) is 5.27. The lowest BCUT2D eigenvalue weighted by atomic mass is 10.5. The van der Waals surface area contributed by atoms with Gasteiger partial charge in [-0.3, -0.25) is 15.4 Å². The molecule has 0 bridgehead atoms. The van der Waals surface area contributed by atoms with Crippen LogP contribution in [0.5, 0.6) is 0 Å². The summed E-state index contributed by atoms with van der Waals surface area (Å²) in [5, 5.41) is 12.2. The van der Waals surface area contributed by atoms with Gasteiger partial charge < -0.3 is 4.90 Å². The van der Waals surface area contributed by atoms with Gasteiger partial charge in [0.1, 0.15) is 6.54 Å². The Hall–Kier alpha value is -1.33. The van der Waals surface area contributed by atoms with Crippen LogP contribution in [0.3, 0.4) is 0 Å². The second-order valence-corrected chi connectivity index (χ2v) is 1.94. The van der Waals surface area contributed by atoms with Gasteiger partial charge in [-0.1, -0.05) is 0 Å². The maximum Gasteiger partial charge on any atom is 0.322 e. The second-order valence-electron chi connectivity index (χ2n) is 1.94. The summed E-state index contributed by atoms with van der Waals surface area (Å²) in [6.45, 7) is 1.21. The Morgan fingerprint density at radius 1 is 1.90 bits per heavy atom. The van der Waals surface area contributed by atoms with Gasteiger partial charge in [-0.25, -0.2) is 4.79 Å². The third-order valence-electron chi connectivity index (χ3n) is 1.18. The van der Waals surface area contributed by atoms with Crippen LogP contribution in [0.4, 0.5) is 4.79 Å². The number of amides is 2. The Morgan fingerprint density at radius 2 is 2.50 bits per heavy atom. The molecule has 0 saturated carbocycles. The molecule has 0 aromatic rings. The lowest BCUT2D eigenvalue weighted by Crippen LogP contribution is -2.32. The number of rotatable bonds is 1. The van der Waals surface area contributed by atoms with E-state index in [1.54, 1.807) is 0 Å². The average Bonchev–Trinajstić information content (AvgIpc) is 2.13. The summed E-state index contributed by atoms with van der Waals surface area (Å²) in [6.07, 6.45) is -1.06. The summed E-state index contributed by atoms with van der Waals surface area (Å²) in [5.74, 6) is 0. The lowest BCUT2D eigenvalue weighted by Gasteiger charge is -1.99. The molecule has 0 aromatic carbocycles. The van der Waals surface area contributed by atoms with Gasteiger partial charge in [0.2, 0.25) is 0 Å². The molecule has 1 N–H and O–H groups in total. The largest absolute Gasteiger partial charge is 0.322 e. The summed E-state index contributed by atoms with van der Waals surface area (Å²) < 4.78 is 0. The van der Waals surface area contributed by atoms with Gasteiger partial charge in [0.15, 0.2) is 0 Å². The van der Waals surface area contributed by atoms with E-state index in [1.165, 1.54) is 13.6 Å². The molecule has 0 aromatic heterocycles. The number of carbonyl (C=O) groups excluding carboxylic acids is 1. The maximum absolute atomic E-state index is 10.6. The van der Waals surface area contributed by atoms with E-state index >= 15 is 0 Å². The summed E-state index contributed by atoms with van der Waals surface area (Å²) >= 11 is 0. The number of hydrogen-bond donors (Lipinski definition) is 1. The van der Waals surface area contributed by atoms with Gasteiger partial charge in [-0.05, 0) is 0 Å². The molecule has 2 amide bonds. The molecule has 1 unspecified atom stereocenters. The number of carbonyl (C=O) groups is 1. The van der Waals surface area contributed by atoms with Crippen LogP contribution < -0.4 is 5.32 Å². The molecule has 1 aliphatic rings. The highest BCUT2D eigenvalue weighted by atomic mass is 16.6. The SMILES string of the molecule is CN1[CH]C([N+](=O)[O-])NC1=O. The van der Waals surface area contributed by atoms with Gasteiger partial charge in [-0.15, -0.1) is 0 Å². The zero-order chi connectivity index (χ0) is 7.72. The molecular weight excluding hydrogens is 138 g/mol. The molecular formula is C4H6N3O3. The monoisotopic (exact) mass is 144 g/mol. The van der Waals surface area contributed by atoms with Crippen molar-refractivity contribution in [1.82, 2.24) is 10.2 Å². The number of nitro groups is 1. The lowest BCUT2D eigenvalue weighted by molar-refractivity contribution is -0.516. The molecule has 10 heavy (non-hydrogen) atoms. The minimum absolute atomic E-state index is 0.443. The molecule has 0 spiro atoms. The minimum Gasteiger partial charge on any atom is -0.313 e. The maximum atomic E-state index is 10.6. The van der Waals surface area contributed by atoms with E-state index in [9.17, 15) is 14.9 Å². The van der Waals surface area contributed by atoms with E-state index in [1.807, 2.05) is 0 Å². The standard InChI is InChI=1S/C4H6N3O3/c1-6-2-3(7(9)10)5-4(6)8/h2-3H,1H3,(H,5,8). The molecule has 0 aliphatic carbocycles. The molecule has 1 rings (SSSR count). The number of nitrogens with zero attached hydrogens (tertiary/aromatic N) is 2. The van der Waals surface area contributed by atoms with Crippen molar-refractivity contribution < 1.29 is 9.72 Å². The van der Waals surface area contributed by atoms with E-state index in [0.717, 1.165) is 4.90 Å². The van der Waals surface area contributed by atoms with Crippen LogP contribution in [-0.4, -0.2) is 29.1 Å². The quantitative estimate of drug-likeness (QED) is 0.394. The van der Waals surface area contributed by atoms with Crippen LogP contribution in [0.25, 0.3) is 0 Å². The third kappa shape index (κ3) is 0.996. The molecule has 1 heterocycles. The van der Waals surface area contributed by atoms with E-state index in [4.69, 9.17) is 0 Å². The topological polar surface area (TPSA) is 75.5 Å². The van der Waals surface area contributed by atoms with Crippen LogP contribution in [0, 0.1) is 16.7 Å². The predicted octanol–water partition coefficient (Wildman–Crippen LogP) is -0.594. The van der Waals surface area contributed by atoms with E-state index in [-0.39, 0.29) is 0 Å². The summed E-state index contributed by atoms with van der Waals surface area (Å²) in [7, 11) is 1.46. The van der Waals surface area contributed by atoms with Gasteiger partial charge in [0, 0.05) is 12.0 Å². The van der Waals surface area contributed by atoms with Crippen molar-refractivity contribution >= 4 is 6.03 Å². The highest BCUT2D eigenvalue weighted by molar-refractivity contribution is 5.77. The fourth-order valence-corrected chi connectivity index (χ4v) is 0.652. The van der Waals surface area contributed by atoms with E-state index in [0.29, 0.717) is 0 Å². The third-order valence-corrected chi connectivity index (χ3v) is 1.18. The predicted molar refractivity (Wildman–Crippen MR) is 31.4 cm³/mol. The fourth-order valence-electron chi connectivity index (χ4n) is 0.652. The molecule has 6 heteroatoms. The fraction of sp³-hybridized carbons (Fsp3) is 0.500. The first-order valence-electron chi connectivity index (χ1n) is 2.63. The average molecular weight is 144 g/mol. The molecule has 1 atom stereocenters. The Balaban J connectivity index is 2.57. The van der Waals surface area contributed by atoms with Crippen molar-refractivity contribution in [2.24, 2.45) is 0 Å². The molecule has 1 radical (unpaired) electrons. The van der Waals surface area contributed by atoms with Crippen molar-refractivity contribution in [3.05, 3.63) is 16.7 Å². The van der Waals surface area contributed by atoms with Crippen LogP contribution >= 0.6 is 0 Å². The van der Waals surface area contributed by atoms with Gasteiger partial charge in [0.05, 0.1) is 0 Å². The van der Waals surface area contributed by atoms with Gasteiger partial charge >= 0.3 is 12.2 Å². The zero-order valence-corrected chi connectivity index (χ0v) is 5.27. The highest BCUT2D eigenvalue weighted by Crippen LogP contribution is 2.05. The number of likely N-dealkylation sites (N-methyl/N-ethyl adjacent to an activating group) is 1. The van der Waals surface area contributed by atoms with Crippen molar-refractivity contribution in [3.63, 3.8) is 0 Å². The molecule has 6 nitrogen and oxygen atoms in total. The Bertz CT molecular complexity index is 181. The van der Waals surface area contributed by atoms with E-state index < -0.39 is 17.1 Å². The smallest absolute Gasteiger partial charge is 0.313 e. The first kappa shape index (κ1) is 6.79. The molecule has 1 saturated heterocycles. The first-order valence-corrected chi connectivity index (χ1v) is 2.63. The van der Waals surface area contributed by atoms with Crippen molar-refractivity contribution in [1.29, 1.82) is 0 Å². The van der Waals surface area contributed by atoms with E-state index in [2.05, 4.69) is 5.32 Å². The second kappa shape index (κ2) is 2.13. The Kier molecular flexibility index (Phi) is 1.44. The Morgan fingerprint density at radius 3 is 2.70 bits per heavy atom. The van der Waals surface area contributed by atoms with Gasteiger partial charge in [0.25, 0.3) is 0 Å². The molecule has 1 aliphatic heterocycles. The van der Waals surface area contributed by atoms with Crippen molar-refractivity contribution in [2.45, 2.75) is 6.17 Å². The summed E-state index contributed by atoms with van der Waals surface area (Å²) in [5.41, 5.74) is 0. The molecule has 1 fully saturated rings. The summed E-state index contributed by atoms with van der Waals surface area (Å²) in [4.78, 5) is 21.2. The van der Waals surface area contributed by atoms with Gasteiger partial charge in [-0.2, -0.15) is 0 Å². The number of urea groups is 1. The van der Waals surface area contributed by atoms with Crippen molar-refractivity contribution in [3.8, 4) is 0 Å². The minimum atomic E-state index is -1.06. The normalized spacial score (nSPS) is 24.7. The van der Waals surface area contributed by atoms with Crippen LogP contribution in [0.2, 0.25) is 0 Å². The van der Waals surface area contributed by atoms with Crippen LogP contribution in [0.1, 0.15) is 0 Å². The first-order chi connectivity index (χ1) is 4.61. The number of hydrogen-bond acceptors (Lipinski definition) is 3. The van der Waals surface area contributed by atoms with Crippen LogP contribution in [-0.2, 0) is 0 Å². The molecule has 55 valence electrons. The van der Waals surface area contributed by atoms with Crippen LogP contribution in [0.15, 0.2) is 0 Å².